The van der Waals surface area contributed by atoms with Crippen molar-refractivity contribution in [3.63, 3.8) is 0 Å². The molecule has 0 aliphatic heterocycles. The van der Waals surface area contributed by atoms with Crippen molar-refractivity contribution >= 4 is 16.8 Å². The van der Waals surface area contributed by atoms with Crippen LogP contribution in [0.5, 0.6) is 0 Å². The van der Waals surface area contributed by atoms with Crippen LogP contribution >= 0.6 is 0 Å². The first-order chi connectivity index (χ1) is 13.0. The minimum absolute atomic E-state index is 0.0734. The first-order valence-electron chi connectivity index (χ1n) is 8.82. The van der Waals surface area contributed by atoms with Gasteiger partial charge in [-0.05, 0) is 18.1 Å². The van der Waals surface area contributed by atoms with E-state index in [1.54, 1.807) is 18.0 Å². The van der Waals surface area contributed by atoms with Crippen molar-refractivity contribution in [3.8, 4) is 5.69 Å². The largest absolute Gasteiger partial charge is 0.383 e. The highest BCUT2D eigenvalue weighted by Gasteiger charge is 2.19. The molecule has 0 aliphatic rings. The number of rotatable bonds is 7. The summed E-state index contributed by atoms with van der Waals surface area (Å²) in [6, 6.07) is 9.43. The summed E-state index contributed by atoms with van der Waals surface area (Å²) in [5.74, 6) is -0.217. The summed E-state index contributed by atoms with van der Waals surface area (Å²) < 4.78 is 7.73. The number of benzene rings is 1. The number of aromatic nitrogens is 4. The fourth-order valence-electron chi connectivity index (χ4n) is 2.88. The quantitative estimate of drug-likeness (QED) is 0.637. The Morgan fingerprint density at radius 1 is 1.26 bits per heavy atom. The normalized spacial score (nSPS) is 11.3. The van der Waals surface area contributed by atoms with Crippen LogP contribution < -0.4 is 10.9 Å². The predicted molar refractivity (Wildman–Crippen MR) is 102 cm³/mol. The molecule has 3 aromatic rings. The summed E-state index contributed by atoms with van der Waals surface area (Å²) in [4.78, 5) is 25.2. The number of nitrogens with one attached hydrogen (secondary N) is 1. The molecule has 0 atom stereocenters. The topological polar surface area (TPSA) is 91.0 Å². The predicted octanol–water partition coefficient (Wildman–Crippen LogP) is 1.47. The molecule has 0 bridgehead atoms. The molecule has 0 unspecified atom stereocenters. The molecular formula is C19H23N5O3. The zero-order valence-corrected chi connectivity index (χ0v) is 15.7. The molecule has 27 heavy (non-hydrogen) atoms. The Morgan fingerprint density at radius 2 is 2.00 bits per heavy atom. The molecule has 0 aliphatic carbocycles. The summed E-state index contributed by atoms with van der Waals surface area (Å²) in [6.45, 7) is 4.62. The molecule has 0 spiro atoms. The van der Waals surface area contributed by atoms with E-state index in [0.717, 1.165) is 11.4 Å². The summed E-state index contributed by atoms with van der Waals surface area (Å²) >= 11 is 0. The Morgan fingerprint density at radius 3 is 2.67 bits per heavy atom. The van der Waals surface area contributed by atoms with Crippen molar-refractivity contribution < 1.29 is 9.53 Å². The fraction of sp³-hybridized carbons (Fsp3) is 0.368. The highest BCUT2D eigenvalue weighted by Crippen LogP contribution is 2.22. The second kappa shape index (κ2) is 8.13. The lowest BCUT2D eigenvalue weighted by atomic mass is 10.1. The van der Waals surface area contributed by atoms with E-state index in [4.69, 9.17) is 4.74 Å². The molecule has 142 valence electrons. The van der Waals surface area contributed by atoms with E-state index in [9.17, 15) is 9.59 Å². The maximum Gasteiger partial charge on any atom is 0.293 e. The summed E-state index contributed by atoms with van der Waals surface area (Å²) in [5.41, 5.74) is 1.58. The minimum atomic E-state index is -0.349. The van der Waals surface area contributed by atoms with E-state index in [-0.39, 0.29) is 23.9 Å². The number of ether oxygens (including phenoxy) is 1. The lowest BCUT2D eigenvalue weighted by Gasteiger charge is -2.12. The molecule has 2 aromatic heterocycles. The van der Waals surface area contributed by atoms with Gasteiger partial charge in [0.2, 0.25) is 5.91 Å². The van der Waals surface area contributed by atoms with Crippen LogP contribution in [-0.2, 0) is 16.1 Å². The monoisotopic (exact) mass is 369 g/mol. The summed E-state index contributed by atoms with van der Waals surface area (Å²) in [5, 5.41) is 12.2. The average molecular weight is 369 g/mol. The van der Waals surface area contributed by atoms with Gasteiger partial charge in [0.15, 0.2) is 0 Å². The Balaban J connectivity index is 2.08. The number of hydrogen-bond acceptors (Lipinski definition) is 5. The van der Waals surface area contributed by atoms with Crippen molar-refractivity contribution in [2.75, 3.05) is 20.3 Å². The van der Waals surface area contributed by atoms with Gasteiger partial charge in [-0.25, -0.2) is 9.36 Å². The van der Waals surface area contributed by atoms with Crippen LogP contribution in [0.1, 0.15) is 25.5 Å². The van der Waals surface area contributed by atoms with E-state index in [1.807, 2.05) is 44.2 Å². The van der Waals surface area contributed by atoms with Crippen molar-refractivity contribution in [1.29, 1.82) is 0 Å². The first kappa shape index (κ1) is 18.8. The zero-order chi connectivity index (χ0) is 19.4. The molecule has 2 heterocycles. The standard InChI is InChI=1S/C19H23N5O3/c1-13(2)17-15-11-21-24(14-7-5-4-6-8-14)18(15)19(26)23(22-17)12-16(25)20-9-10-27-3/h4-8,11,13H,9-10,12H2,1-3H3,(H,20,25). The Labute approximate surface area is 156 Å². The number of fused-ring (bicyclic) bond motifs is 1. The van der Waals surface area contributed by atoms with Gasteiger partial charge in [-0.15, -0.1) is 0 Å². The SMILES string of the molecule is COCCNC(=O)Cn1nc(C(C)C)c2cnn(-c3ccccc3)c2c1=O. The van der Waals surface area contributed by atoms with Crippen LogP contribution in [-0.4, -0.2) is 45.7 Å². The Bertz CT molecular complexity index is 992. The molecule has 0 saturated carbocycles. The third-order valence-corrected chi connectivity index (χ3v) is 4.18. The molecule has 0 saturated heterocycles. The second-order valence-electron chi connectivity index (χ2n) is 6.50. The number of para-hydroxylation sites is 1. The van der Waals surface area contributed by atoms with Crippen molar-refractivity contribution in [2.45, 2.75) is 26.3 Å². The minimum Gasteiger partial charge on any atom is -0.383 e. The lowest BCUT2D eigenvalue weighted by Crippen LogP contribution is -2.36. The Kier molecular flexibility index (Phi) is 5.66. The third kappa shape index (κ3) is 3.90. The highest BCUT2D eigenvalue weighted by molar-refractivity contribution is 5.82. The molecule has 0 fully saturated rings. The van der Waals surface area contributed by atoms with E-state index in [2.05, 4.69) is 15.5 Å². The number of amides is 1. The van der Waals surface area contributed by atoms with Crippen molar-refractivity contribution in [3.05, 3.63) is 52.6 Å². The maximum absolute atomic E-state index is 13.1. The van der Waals surface area contributed by atoms with Gasteiger partial charge >= 0.3 is 0 Å². The van der Waals surface area contributed by atoms with Gasteiger partial charge in [0.1, 0.15) is 12.1 Å². The molecule has 8 heteroatoms. The van der Waals surface area contributed by atoms with Gasteiger partial charge in [-0.2, -0.15) is 10.2 Å². The second-order valence-corrected chi connectivity index (χ2v) is 6.50. The zero-order valence-electron chi connectivity index (χ0n) is 15.7. The van der Waals surface area contributed by atoms with Crippen LogP contribution in [0.4, 0.5) is 0 Å². The number of hydrogen-bond donors (Lipinski definition) is 1. The number of carbonyl (C=O) groups is 1. The molecule has 3 rings (SSSR count). The van der Waals surface area contributed by atoms with Crippen LogP contribution in [0.3, 0.4) is 0 Å². The Hall–Kier alpha value is -3.00. The number of carbonyl (C=O) groups excluding carboxylic acids is 1. The van der Waals surface area contributed by atoms with E-state index < -0.39 is 0 Å². The van der Waals surface area contributed by atoms with Crippen LogP contribution in [0, 0.1) is 0 Å². The van der Waals surface area contributed by atoms with E-state index >= 15 is 0 Å². The summed E-state index contributed by atoms with van der Waals surface area (Å²) in [7, 11) is 1.56. The highest BCUT2D eigenvalue weighted by atomic mass is 16.5. The van der Waals surface area contributed by atoms with Gasteiger partial charge in [0, 0.05) is 19.0 Å². The molecule has 1 aromatic carbocycles. The number of methoxy groups -OCH3 is 1. The lowest BCUT2D eigenvalue weighted by molar-refractivity contribution is -0.122. The van der Waals surface area contributed by atoms with Gasteiger partial charge in [-0.1, -0.05) is 32.0 Å². The average Bonchev–Trinajstić information content (AvgIpc) is 3.10. The van der Waals surface area contributed by atoms with Gasteiger partial charge in [-0.3, -0.25) is 9.59 Å². The molecule has 1 amide bonds. The fourth-order valence-corrected chi connectivity index (χ4v) is 2.88. The van der Waals surface area contributed by atoms with Gasteiger partial charge < -0.3 is 10.1 Å². The molecule has 1 N–H and O–H groups in total. The molecule has 8 nitrogen and oxygen atoms in total. The number of nitrogens with zero attached hydrogens (tertiary/aromatic N) is 4. The molecule has 0 radical (unpaired) electrons. The van der Waals surface area contributed by atoms with E-state index in [0.29, 0.717) is 24.1 Å². The smallest absolute Gasteiger partial charge is 0.293 e. The van der Waals surface area contributed by atoms with E-state index in [1.165, 1.54) is 4.68 Å². The van der Waals surface area contributed by atoms with Crippen molar-refractivity contribution in [1.82, 2.24) is 24.9 Å². The summed E-state index contributed by atoms with van der Waals surface area (Å²) in [6.07, 6.45) is 1.66. The van der Waals surface area contributed by atoms with Crippen LogP contribution in [0.15, 0.2) is 41.3 Å². The third-order valence-electron chi connectivity index (χ3n) is 4.18. The van der Waals surface area contributed by atoms with Gasteiger partial charge in [0.25, 0.3) is 5.56 Å². The maximum atomic E-state index is 13.1. The van der Waals surface area contributed by atoms with Crippen LogP contribution in [0.2, 0.25) is 0 Å². The van der Waals surface area contributed by atoms with Crippen molar-refractivity contribution in [2.24, 2.45) is 0 Å². The first-order valence-corrected chi connectivity index (χ1v) is 8.82. The van der Waals surface area contributed by atoms with Crippen LogP contribution in [0.25, 0.3) is 16.6 Å². The molecular weight excluding hydrogens is 346 g/mol. The van der Waals surface area contributed by atoms with Gasteiger partial charge in [0.05, 0.1) is 24.2 Å².